The maximum Gasteiger partial charge on any atom is 0.321 e. The molecule has 0 aromatic carbocycles. The Bertz CT molecular complexity index is 514. The standard InChI is InChI=1S/C13H22N4O3S2/c1-6-8(9(18)20-7-2)21-12-17-16-11(22-12)14-10(19)15-13(3,4)5/h8H,6-7H2,1-5H3,(H2,14,15,16,19)/t8-/m0/s1. The molecule has 1 rings (SSSR count). The van der Waals surface area contributed by atoms with Crippen molar-refractivity contribution < 1.29 is 14.3 Å². The molecule has 1 aromatic rings. The molecular weight excluding hydrogens is 324 g/mol. The summed E-state index contributed by atoms with van der Waals surface area (Å²) >= 11 is 2.52. The number of aromatic nitrogens is 2. The van der Waals surface area contributed by atoms with Gasteiger partial charge in [-0.05, 0) is 34.1 Å². The summed E-state index contributed by atoms with van der Waals surface area (Å²) < 4.78 is 5.63. The molecule has 2 N–H and O–H groups in total. The third-order valence-corrected chi connectivity index (χ3v) is 4.54. The predicted molar refractivity (Wildman–Crippen MR) is 88.4 cm³/mol. The van der Waals surface area contributed by atoms with E-state index in [0.717, 1.165) is 0 Å². The molecule has 0 radical (unpaired) electrons. The second-order valence-corrected chi connectivity index (χ2v) is 7.90. The van der Waals surface area contributed by atoms with Gasteiger partial charge in [0.1, 0.15) is 5.25 Å². The maximum atomic E-state index is 11.8. The molecule has 0 aliphatic carbocycles. The van der Waals surface area contributed by atoms with Gasteiger partial charge in [0.25, 0.3) is 0 Å². The summed E-state index contributed by atoms with van der Waals surface area (Å²) in [6.07, 6.45) is 0.635. The number of anilines is 1. The molecule has 0 aliphatic heterocycles. The third-order valence-electron chi connectivity index (χ3n) is 2.28. The smallest absolute Gasteiger partial charge is 0.321 e. The number of urea groups is 1. The van der Waals surface area contributed by atoms with E-state index in [1.807, 2.05) is 27.7 Å². The number of nitrogens with zero attached hydrogens (tertiary/aromatic N) is 2. The Balaban J connectivity index is 2.60. The van der Waals surface area contributed by atoms with Crippen molar-refractivity contribution in [2.24, 2.45) is 0 Å². The van der Waals surface area contributed by atoms with Crippen molar-refractivity contribution in [1.82, 2.24) is 15.5 Å². The quantitative estimate of drug-likeness (QED) is 0.467. The number of carbonyl (C=O) groups is 2. The lowest BCUT2D eigenvalue weighted by Crippen LogP contribution is -2.43. The maximum absolute atomic E-state index is 11.8. The lowest BCUT2D eigenvalue weighted by Gasteiger charge is -2.19. The Morgan fingerprint density at radius 3 is 2.55 bits per heavy atom. The first-order valence-corrected chi connectivity index (χ1v) is 8.70. The zero-order valence-corrected chi connectivity index (χ0v) is 15.1. The Morgan fingerprint density at radius 1 is 1.32 bits per heavy atom. The number of rotatable bonds is 6. The van der Waals surface area contributed by atoms with E-state index in [9.17, 15) is 9.59 Å². The van der Waals surface area contributed by atoms with Crippen LogP contribution in [-0.2, 0) is 9.53 Å². The summed E-state index contributed by atoms with van der Waals surface area (Å²) in [5.41, 5.74) is -0.330. The molecule has 0 saturated heterocycles. The molecule has 0 spiro atoms. The highest BCUT2D eigenvalue weighted by Crippen LogP contribution is 2.30. The number of ether oxygens (including phenoxy) is 1. The van der Waals surface area contributed by atoms with Crippen LogP contribution in [0, 0.1) is 0 Å². The van der Waals surface area contributed by atoms with Gasteiger partial charge in [-0.2, -0.15) is 0 Å². The van der Waals surface area contributed by atoms with Gasteiger partial charge >= 0.3 is 12.0 Å². The van der Waals surface area contributed by atoms with E-state index in [1.54, 1.807) is 6.92 Å². The lowest BCUT2D eigenvalue weighted by atomic mass is 10.1. The fourth-order valence-electron chi connectivity index (χ4n) is 1.43. The number of carbonyl (C=O) groups excluding carboxylic acids is 2. The first-order valence-electron chi connectivity index (χ1n) is 7.01. The van der Waals surface area contributed by atoms with E-state index < -0.39 is 0 Å². The largest absolute Gasteiger partial charge is 0.465 e. The normalized spacial score (nSPS) is 12.6. The molecule has 0 fully saturated rings. The van der Waals surface area contributed by atoms with E-state index in [1.165, 1.54) is 23.1 Å². The molecule has 0 aliphatic rings. The van der Waals surface area contributed by atoms with E-state index >= 15 is 0 Å². The van der Waals surface area contributed by atoms with E-state index in [-0.39, 0.29) is 22.8 Å². The predicted octanol–water partition coefficient (Wildman–Crippen LogP) is 2.89. The molecule has 22 heavy (non-hydrogen) atoms. The van der Waals surface area contributed by atoms with Gasteiger partial charge in [0.2, 0.25) is 5.13 Å². The molecule has 2 amide bonds. The monoisotopic (exact) mass is 346 g/mol. The molecule has 1 heterocycles. The average molecular weight is 346 g/mol. The molecule has 0 unspecified atom stereocenters. The van der Waals surface area contributed by atoms with Crippen molar-refractivity contribution in [3.8, 4) is 0 Å². The second kappa shape index (κ2) is 8.33. The SMILES string of the molecule is CCOC(=O)[C@H](CC)Sc1nnc(NC(=O)NC(C)(C)C)s1. The van der Waals surface area contributed by atoms with E-state index in [2.05, 4.69) is 20.8 Å². The number of amides is 2. The second-order valence-electron chi connectivity index (χ2n) is 5.47. The minimum absolute atomic E-state index is 0.259. The highest BCUT2D eigenvalue weighted by molar-refractivity contribution is 8.02. The Labute approximate surface area is 138 Å². The minimum Gasteiger partial charge on any atom is -0.465 e. The zero-order chi connectivity index (χ0) is 16.8. The number of nitrogens with one attached hydrogen (secondary N) is 2. The van der Waals surface area contributed by atoms with Crippen molar-refractivity contribution in [3.63, 3.8) is 0 Å². The molecule has 7 nitrogen and oxygen atoms in total. The molecule has 1 aromatic heterocycles. The van der Waals surface area contributed by atoms with Crippen LogP contribution in [-0.4, -0.2) is 39.6 Å². The zero-order valence-electron chi connectivity index (χ0n) is 13.4. The van der Waals surface area contributed by atoms with Crippen molar-refractivity contribution in [2.45, 2.75) is 56.2 Å². The van der Waals surface area contributed by atoms with Crippen LogP contribution >= 0.6 is 23.1 Å². The minimum atomic E-state index is -0.336. The fourth-order valence-corrected chi connectivity index (χ4v) is 3.34. The molecule has 1 atom stereocenters. The van der Waals surface area contributed by atoms with Gasteiger partial charge in [-0.15, -0.1) is 10.2 Å². The highest BCUT2D eigenvalue weighted by Gasteiger charge is 2.22. The Morgan fingerprint density at radius 2 is 2.00 bits per heavy atom. The van der Waals surface area contributed by atoms with Gasteiger partial charge in [-0.25, -0.2) is 4.79 Å². The van der Waals surface area contributed by atoms with Crippen molar-refractivity contribution in [1.29, 1.82) is 0 Å². The van der Waals surface area contributed by atoms with Crippen molar-refractivity contribution >= 4 is 40.2 Å². The Hall–Kier alpha value is -1.35. The summed E-state index contributed by atoms with van der Waals surface area (Å²) in [5.74, 6) is -0.259. The van der Waals surface area contributed by atoms with Crippen LogP contribution in [0.25, 0.3) is 0 Å². The Kier molecular flexibility index (Phi) is 7.08. The van der Waals surface area contributed by atoms with Crippen molar-refractivity contribution in [3.05, 3.63) is 0 Å². The van der Waals surface area contributed by atoms with E-state index in [0.29, 0.717) is 22.5 Å². The van der Waals surface area contributed by atoms with Crippen LogP contribution in [0.5, 0.6) is 0 Å². The van der Waals surface area contributed by atoms with Crippen molar-refractivity contribution in [2.75, 3.05) is 11.9 Å². The fraction of sp³-hybridized carbons (Fsp3) is 0.692. The van der Waals surface area contributed by atoms with Gasteiger partial charge < -0.3 is 10.1 Å². The number of thioether (sulfide) groups is 1. The summed E-state index contributed by atoms with van der Waals surface area (Å²) in [4.78, 5) is 23.5. The van der Waals surface area contributed by atoms with Gasteiger partial charge in [-0.1, -0.05) is 30.0 Å². The van der Waals surface area contributed by atoms with Crippen LogP contribution in [0.3, 0.4) is 0 Å². The van der Waals surface area contributed by atoms with Crippen LogP contribution in [0.15, 0.2) is 4.34 Å². The van der Waals surface area contributed by atoms with Gasteiger partial charge in [0.15, 0.2) is 4.34 Å². The molecule has 0 bridgehead atoms. The molecule has 0 saturated carbocycles. The number of hydrogen-bond acceptors (Lipinski definition) is 7. The number of hydrogen-bond donors (Lipinski definition) is 2. The van der Waals surface area contributed by atoms with Crippen LogP contribution in [0.4, 0.5) is 9.93 Å². The molecular formula is C13H22N4O3S2. The van der Waals surface area contributed by atoms with Gasteiger partial charge in [0, 0.05) is 5.54 Å². The molecule has 124 valence electrons. The van der Waals surface area contributed by atoms with Gasteiger partial charge in [-0.3, -0.25) is 10.1 Å². The van der Waals surface area contributed by atoms with Gasteiger partial charge in [0.05, 0.1) is 6.61 Å². The summed E-state index contributed by atoms with van der Waals surface area (Å²) in [7, 11) is 0. The highest BCUT2D eigenvalue weighted by atomic mass is 32.2. The average Bonchev–Trinajstić information content (AvgIpc) is 2.81. The first-order chi connectivity index (χ1) is 10.2. The van der Waals surface area contributed by atoms with Crippen LogP contribution in [0.1, 0.15) is 41.0 Å². The van der Waals surface area contributed by atoms with Crippen LogP contribution in [0.2, 0.25) is 0 Å². The lowest BCUT2D eigenvalue weighted by molar-refractivity contribution is -0.142. The summed E-state index contributed by atoms with van der Waals surface area (Å²) in [6, 6.07) is -0.336. The molecule has 9 heteroatoms. The van der Waals surface area contributed by atoms with E-state index in [4.69, 9.17) is 4.74 Å². The summed E-state index contributed by atoms with van der Waals surface area (Å²) in [6.45, 7) is 9.70. The first kappa shape index (κ1) is 18.7. The number of esters is 1. The summed E-state index contributed by atoms with van der Waals surface area (Å²) in [5, 5.41) is 13.4. The van der Waals surface area contributed by atoms with Crippen LogP contribution < -0.4 is 10.6 Å². The third kappa shape index (κ3) is 6.61. The topological polar surface area (TPSA) is 93.2 Å².